The van der Waals surface area contributed by atoms with Crippen LogP contribution in [0.4, 0.5) is 15.8 Å². The second kappa shape index (κ2) is 7.75. The van der Waals surface area contributed by atoms with E-state index in [1.165, 1.54) is 6.07 Å². The Morgan fingerprint density at radius 3 is 2.74 bits per heavy atom. The fraction of sp³-hybridized carbons (Fsp3) is 0.588. The molecular formula is C17H23FN2O3. The number of benzene rings is 1. The van der Waals surface area contributed by atoms with E-state index in [1.54, 1.807) is 12.1 Å². The molecule has 2 N–H and O–H groups in total. The number of ether oxygens (including phenoxy) is 2. The summed E-state index contributed by atoms with van der Waals surface area (Å²) >= 11 is 0. The Balaban J connectivity index is 1.54. The van der Waals surface area contributed by atoms with Gasteiger partial charge in [0.2, 0.25) is 0 Å². The monoisotopic (exact) mass is 322 g/mol. The van der Waals surface area contributed by atoms with Crippen LogP contribution < -0.4 is 10.6 Å². The van der Waals surface area contributed by atoms with Crippen molar-refractivity contribution in [1.29, 1.82) is 0 Å². The summed E-state index contributed by atoms with van der Waals surface area (Å²) in [5.41, 5.74) is 0.872. The van der Waals surface area contributed by atoms with Crippen molar-refractivity contribution in [3.8, 4) is 0 Å². The Morgan fingerprint density at radius 2 is 2.04 bits per heavy atom. The maximum atomic E-state index is 14.1. The second-order valence-corrected chi connectivity index (χ2v) is 6.06. The van der Waals surface area contributed by atoms with Crippen LogP contribution in [0, 0.1) is 5.82 Å². The summed E-state index contributed by atoms with van der Waals surface area (Å²) in [5, 5.41) is 5.78. The summed E-state index contributed by atoms with van der Waals surface area (Å²) in [7, 11) is 0. The normalized spacial score (nSPS) is 24.4. The van der Waals surface area contributed by atoms with Crippen molar-refractivity contribution >= 4 is 17.3 Å². The highest BCUT2D eigenvalue weighted by Gasteiger charge is 2.22. The Labute approximate surface area is 135 Å². The van der Waals surface area contributed by atoms with Crippen molar-refractivity contribution < 1.29 is 18.7 Å². The number of carbonyl (C=O) groups is 1. The third kappa shape index (κ3) is 4.42. The molecule has 0 bridgehead atoms. The molecule has 1 aromatic rings. The zero-order valence-corrected chi connectivity index (χ0v) is 13.1. The van der Waals surface area contributed by atoms with Crippen molar-refractivity contribution in [3.63, 3.8) is 0 Å². The maximum absolute atomic E-state index is 14.1. The molecule has 2 aliphatic rings. The third-order valence-electron chi connectivity index (χ3n) is 4.25. The lowest BCUT2D eigenvalue weighted by Gasteiger charge is -2.21. The maximum Gasteiger partial charge on any atom is 0.253 e. The summed E-state index contributed by atoms with van der Waals surface area (Å²) < 4.78 is 25.1. The number of rotatable bonds is 5. The SMILES string of the molecule is O=C(Nc1ccc(NC[C@H]2CCCO2)c(F)c1)[C@H]1CCCCO1. The van der Waals surface area contributed by atoms with Crippen LogP contribution in [0.25, 0.3) is 0 Å². The molecule has 0 spiro atoms. The fourth-order valence-electron chi connectivity index (χ4n) is 2.94. The molecule has 2 saturated heterocycles. The molecule has 5 nitrogen and oxygen atoms in total. The summed E-state index contributed by atoms with van der Waals surface area (Å²) in [5.74, 6) is -0.588. The first-order valence-electron chi connectivity index (χ1n) is 8.30. The van der Waals surface area contributed by atoms with Gasteiger partial charge in [0.1, 0.15) is 11.9 Å². The van der Waals surface area contributed by atoms with Gasteiger partial charge in [0.25, 0.3) is 5.91 Å². The average molecular weight is 322 g/mol. The molecule has 0 unspecified atom stereocenters. The van der Waals surface area contributed by atoms with Gasteiger partial charge in [-0.2, -0.15) is 0 Å². The van der Waals surface area contributed by atoms with Crippen molar-refractivity contribution in [2.45, 2.75) is 44.3 Å². The first-order chi connectivity index (χ1) is 11.2. The molecule has 0 aliphatic carbocycles. The lowest BCUT2D eigenvalue weighted by Crippen LogP contribution is -2.33. The molecule has 2 heterocycles. The molecular weight excluding hydrogens is 299 g/mol. The molecule has 2 atom stereocenters. The molecule has 0 saturated carbocycles. The summed E-state index contributed by atoms with van der Waals surface area (Å²) in [4.78, 5) is 12.1. The Kier molecular flexibility index (Phi) is 5.46. The number of hydrogen-bond acceptors (Lipinski definition) is 4. The van der Waals surface area contributed by atoms with E-state index >= 15 is 0 Å². The highest BCUT2D eigenvalue weighted by atomic mass is 19.1. The van der Waals surface area contributed by atoms with Crippen LogP contribution in [0.5, 0.6) is 0 Å². The molecule has 1 amide bonds. The number of anilines is 2. The first kappa shape index (κ1) is 16.2. The minimum absolute atomic E-state index is 0.150. The molecule has 126 valence electrons. The van der Waals surface area contributed by atoms with Crippen LogP contribution >= 0.6 is 0 Å². The fourth-order valence-corrected chi connectivity index (χ4v) is 2.94. The van der Waals surface area contributed by atoms with Gasteiger partial charge in [-0.3, -0.25) is 4.79 Å². The highest BCUT2D eigenvalue weighted by Crippen LogP contribution is 2.21. The van der Waals surface area contributed by atoms with Crippen LogP contribution in [0.3, 0.4) is 0 Å². The van der Waals surface area contributed by atoms with Gasteiger partial charge in [-0.05, 0) is 50.3 Å². The minimum atomic E-state index is -0.427. The van der Waals surface area contributed by atoms with E-state index in [4.69, 9.17) is 9.47 Å². The molecule has 23 heavy (non-hydrogen) atoms. The standard InChI is InChI=1S/C17H23FN2O3/c18-14-10-12(20-17(21)16-5-1-2-8-23-16)6-7-15(14)19-11-13-4-3-9-22-13/h6-7,10,13,16,19H,1-5,8-9,11H2,(H,20,21)/t13-,16-/m1/s1. The van der Waals surface area contributed by atoms with Crippen LogP contribution in [0.1, 0.15) is 32.1 Å². The van der Waals surface area contributed by atoms with Crippen molar-refractivity contribution in [2.24, 2.45) is 0 Å². The molecule has 2 fully saturated rings. The molecule has 6 heteroatoms. The topological polar surface area (TPSA) is 59.6 Å². The van der Waals surface area contributed by atoms with E-state index in [2.05, 4.69) is 10.6 Å². The lowest BCUT2D eigenvalue weighted by molar-refractivity contribution is -0.129. The van der Waals surface area contributed by atoms with Gasteiger partial charge in [0.05, 0.1) is 11.8 Å². The van der Waals surface area contributed by atoms with Crippen molar-refractivity contribution in [3.05, 3.63) is 24.0 Å². The molecule has 2 aliphatic heterocycles. The average Bonchev–Trinajstić information content (AvgIpc) is 3.08. The Hall–Kier alpha value is -1.66. The predicted molar refractivity (Wildman–Crippen MR) is 86.1 cm³/mol. The number of amides is 1. The van der Waals surface area contributed by atoms with Crippen LogP contribution in [0.2, 0.25) is 0 Å². The summed E-state index contributed by atoms with van der Waals surface area (Å²) in [6.07, 6.45) is 4.48. The molecule has 3 rings (SSSR count). The van der Waals surface area contributed by atoms with Gasteiger partial charge < -0.3 is 20.1 Å². The largest absolute Gasteiger partial charge is 0.380 e. The van der Waals surface area contributed by atoms with Gasteiger partial charge in [-0.25, -0.2) is 4.39 Å². The number of nitrogens with one attached hydrogen (secondary N) is 2. The van der Waals surface area contributed by atoms with Crippen LogP contribution in [-0.4, -0.2) is 37.9 Å². The van der Waals surface area contributed by atoms with Crippen LogP contribution in [-0.2, 0) is 14.3 Å². The number of carbonyl (C=O) groups excluding carboxylic acids is 1. The van der Waals surface area contributed by atoms with E-state index in [-0.39, 0.29) is 17.8 Å². The van der Waals surface area contributed by atoms with E-state index in [0.29, 0.717) is 24.5 Å². The van der Waals surface area contributed by atoms with Gasteiger partial charge in [0.15, 0.2) is 0 Å². The van der Waals surface area contributed by atoms with E-state index in [9.17, 15) is 9.18 Å². The predicted octanol–water partition coefficient (Wildman–Crippen LogP) is 2.92. The summed E-state index contributed by atoms with van der Waals surface area (Å²) in [6, 6.07) is 4.67. The quantitative estimate of drug-likeness (QED) is 0.875. The third-order valence-corrected chi connectivity index (χ3v) is 4.25. The number of hydrogen-bond donors (Lipinski definition) is 2. The first-order valence-corrected chi connectivity index (χ1v) is 8.30. The van der Waals surface area contributed by atoms with Gasteiger partial charge in [0, 0.05) is 25.4 Å². The minimum Gasteiger partial charge on any atom is -0.380 e. The van der Waals surface area contributed by atoms with E-state index < -0.39 is 6.10 Å². The molecule has 0 radical (unpaired) electrons. The van der Waals surface area contributed by atoms with Crippen molar-refractivity contribution in [1.82, 2.24) is 0 Å². The second-order valence-electron chi connectivity index (χ2n) is 6.06. The van der Waals surface area contributed by atoms with Gasteiger partial charge in [-0.15, -0.1) is 0 Å². The van der Waals surface area contributed by atoms with Gasteiger partial charge in [-0.1, -0.05) is 0 Å². The van der Waals surface area contributed by atoms with Crippen molar-refractivity contribution in [2.75, 3.05) is 30.4 Å². The smallest absolute Gasteiger partial charge is 0.253 e. The number of halogens is 1. The zero-order chi connectivity index (χ0) is 16.1. The Morgan fingerprint density at radius 1 is 1.17 bits per heavy atom. The molecule has 1 aromatic carbocycles. The van der Waals surface area contributed by atoms with E-state index in [1.807, 2.05) is 0 Å². The summed E-state index contributed by atoms with van der Waals surface area (Å²) in [6.45, 7) is 1.99. The zero-order valence-electron chi connectivity index (χ0n) is 13.1. The van der Waals surface area contributed by atoms with Crippen LogP contribution in [0.15, 0.2) is 18.2 Å². The van der Waals surface area contributed by atoms with E-state index in [0.717, 1.165) is 38.7 Å². The highest BCUT2D eigenvalue weighted by molar-refractivity contribution is 5.94. The Bertz CT molecular complexity index is 541. The molecule has 0 aromatic heterocycles. The van der Waals surface area contributed by atoms with Gasteiger partial charge >= 0.3 is 0 Å². The lowest BCUT2D eigenvalue weighted by atomic mass is 10.1.